The molecule has 150 valence electrons. The van der Waals surface area contributed by atoms with E-state index in [2.05, 4.69) is 0 Å². The molecule has 0 aromatic heterocycles. The highest BCUT2D eigenvalue weighted by atomic mass is 32.2. The van der Waals surface area contributed by atoms with E-state index in [4.69, 9.17) is 0 Å². The number of nitrogens with zero attached hydrogens (tertiary/aromatic N) is 3. The Bertz CT molecular complexity index is 1100. The Labute approximate surface area is 163 Å². The van der Waals surface area contributed by atoms with Gasteiger partial charge in [-0.25, -0.2) is 16.8 Å². The van der Waals surface area contributed by atoms with Crippen LogP contribution >= 0.6 is 0 Å². The van der Waals surface area contributed by atoms with Gasteiger partial charge in [0.2, 0.25) is 10.0 Å². The third kappa shape index (κ3) is 3.78. The first kappa shape index (κ1) is 20.4. The lowest BCUT2D eigenvalue weighted by Crippen LogP contribution is -2.49. The van der Waals surface area contributed by atoms with Crippen LogP contribution in [-0.2, 0) is 20.0 Å². The van der Waals surface area contributed by atoms with Gasteiger partial charge in [0.25, 0.3) is 15.7 Å². The number of hydrogen-bond acceptors (Lipinski definition) is 6. The van der Waals surface area contributed by atoms with Crippen molar-refractivity contribution in [1.82, 2.24) is 8.61 Å². The van der Waals surface area contributed by atoms with Crippen LogP contribution < -0.4 is 0 Å². The average Bonchev–Trinajstić information content (AvgIpc) is 2.68. The SMILES string of the molecule is Cc1ccc(S(=O)(=O)N2CCCN(S(=O)(=O)c3ccccc3[N+](=O)[O-])C2)cc1. The fourth-order valence-corrected chi connectivity index (χ4v) is 6.07. The molecule has 2 aromatic carbocycles. The largest absolute Gasteiger partial charge is 0.289 e. The molecule has 1 heterocycles. The lowest BCUT2D eigenvalue weighted by atomic mass is 10.2. The number of para-hydroxylation sites is 1. The standard InChI is InChI=1S/C17H19N3O6S2/c1-14-7-9-15(10-8-14)27(23,24)18-11-4-12-19(13-18)28(25,26)17-6-3-2-5-16(17)20(21)22/h2-3,5-10H,4,11-13H2,1H3. The Morgan fingerprint density at radius 3 is 2.07 bits per heavy atom. The van der Waals surface area contributed by atoms with Crippen molar-refractivity contribution in [2.45, 2.75) is 23.1 Å². The van der Waals surface area contributed by atoms with E-state index in [0.29, 0.717) is 0 Å². The second kappa shape index (κ2) is 7.59. The first-order valence-corrected chi connectivity index (χ1v) is 11.3. The van der Waals surface area contributed by atoms with Gasteiger partial charge in [0.15, 0.2) is 4.90 Å². The molecule has 0 radical (unpaired) electrons. The van der Waals surface area contributed by atoms with Crippen molar-refractivity contribution in [3.63, 3.8) is 0 Å². The Hall–Kier alpha value is -2.34. The third-order valence-corrected chi connectivity index (χ3v) is 8.19. The van der Waals surface area contributed by atoms with E-state index in [9.17, 15) is 26.9 Å². The number of benzene rings is 2. The first-order chi connectivity index (χ1) is 13.1. The van der Waals surface area contributed by atoms with Crippen molar-refractivity contribution >= 4 is 25.7 Å². The maximum absolute atomic E-state index is 13.0. The Morgan fingerprint density at radius 2 is 1.46 bits per heavy atom. The van der Waals surface area contributed by atoms with E-state index in [1.54, 1.807) is 12.1 Å². The summed E-state index contributed by atoms with van der Waals surface area (Å²) in [6.07, 6.45) is 0.283. The molecule has 1 fully saturated rings. The zero-order valence-corrected chi connectivity index (χ0v) is 16.7. The number of nitro groups is 1. The van der Waals surface area contributed by atoms with Crippen LogP contribution in [0.15, 0.2) is 58.3 Å². The normalized spacial score (nSPS) is 16.8. The van der Waals surface area contributed by atoms with Crippen LogP contribution in [0.4, 0.5) is 5.69 Å². The summed E-state index contributed by atoms with van der Waals surface area (Å²) >= 11 is 0. The number of sulfonamides is 2. The molecule has 11 heteroatoms. The van der Waals surface area contributed by atoms with E-state index in [-0.39, 0.29) is 24.4 Å². The molecule has 0 aliphatic carbocycles. The van der Waals surface area contributed by atoms with Gasteiger partial charge in [0, 0.05) is 19.2 Å². The van der Waals surface area contributed by atoms with Crippen molar-refractivity contribution < 1.29 is 21.8 Å². The van der Waals surface area contributed by atoms with Crippen molar-refractivity contribution in [2.75, 3.05) is 19.8 Å². The number of hydrogen-bond donors (Lipinski definition) is 0. The van der Waals surface area contributed by atoms with Gasteiger partial charge >= 0.3 is 0 Å². The molecule has 2 aromatic rings. The van der Waals surface area contributed by atoms with Gasteiger partial charge in [-0.15, -0.1) is 0 Å². The van der Waals surface area contributed by atoms with Crippen LogP contribution in [0, 0.1) is 17.0 Å². The number of rotatable bonds is 5. The smallest absolute Gasteiger partial charge is 0.258 e. The van der Waals surface area contributed by atoms with E-state index in [1.807, 2.05) is 6.92 Å². The third-order valence-electron chi connectivity index (χ3n) is 4.47. The molecule has 28 heavy (non-hydrogen) atoms. The first-order valence-electron chi connectivity index (χ1n) is 8.44. The maximum atomic E-state index is 13.0. The molecule has 1 saturated heterocycles. The summed E-state index contributed by atoms with van der Waals surface area (Å²) in [5.74, 6) is 0. The zero-order chi connectivity index (χ0) is 20.5. The van der Waals surface area contributed by atoms with Gasteiger partial charge in [-0.1, -0.05) is 29.8 Å². The van der Waals surface area contributed by atoms with Crippen LogP contribution in [0.3, 0.4) is 0 Å². The zero-order valence-electron chi connectivity index (χ0n) is 15.1. The van der Waals surface area contributed by atoms with Crippen molar-refractivity contribution in [3.05, 3.63) is 64.2 Å². The van der Waals surface area contributed by atoms with Gasteiger partial charge in [0.05, 0.1) is 16.5 Å². The second-order valence-electron chi connectivity index (χ2n) is 6.39. The van der Waals surface area contributed by atoms with Crippen LogP contribution in [-0.4, -0.2) is 50.1 Å². The molecule has 0 amide bonds. The average molecular weight is 425 g/mol. The van der Waals surface area contributed by atoms with Gasteiger partial charge < -0.3 is 0 Å². The monoisotopic (exact) mass is 425 g/mol. The molecule has 3 rings (SSSR count). The minimum Gasteiger partial charge on any atom is -0.258 e. The summed E-state index contributed by atoms with van der Waals surface area (Å²) in [7, 11) is -8.12. The lowest BCUT2D eigenvalue weighted by molar-refractivity contribution is -0.387. The number of nitro benzene ring substituents is 1. The molecular weight excluding hydrogens is 406 g/mol. The molecule has 0 saturated carbocycles. The molecule has 0 N–H and O–H groups in total. The van der Waals surface area contributed by atoms with Crippen LogP contribution in [0.2, 0.25) is 0 Å². The van der Waals surface area contributed by atoms with Crippen molar-refractivity contribution in [3.8, 4) is 0 Å². The maximum Gasteiger partial charge on any atom is 0.289 e. The van der Waals surface area contributed by atoms with Gasteiger partial charge in [-0.3, -0.25) is 10.1 Å². The van der Waals surface area contributed by atoms with Gasteiger partial charge in [-0.2, -0.15) is 8.61 Å². The molecule has 9 nitrogen and oxygen atoms in total. The lowest BCUT2D eigenvalue weighted by Gasteiger charge is -2.33. The minimum absolute atomic E-state index is 0.0723. The molecule has 0 spiro atoms. The van der Waals surface area contributed by atoms with Crippen LogP contribution in [0.25, 0.3) is 0 Å². The highest BCUT2D eigenvalue weighted by molar-refractivity contribution is 7.90. The highest BCUT2D eigenvalue weighted by Gasteiger charge is 2.37. The molecule has 1 aliphatic rings. The highest BCUT2D eigenvalue weighted by Crippen LogP contribution is 2.29. The Kier molecular flexibility index (Phi) is 5.53. The predicted octanol–water partition coefficient (Wildman–Crippen LogP) is 1.95. The van der Waals surface area contributed by atoms with Crippen LogP contribution in [0.5, 0.6) is 0 Å². The topological polar surface area (TPSA) is 118 Å². The van der Waals surface area contributed by atoms with Crippen molar-refractivity contribution in [1.29, 1.82) is 0 Å². The summed E-state index contributed by atoms with van der Waals surface area (Å²) < 4.78 is 53.7. The van der Waals surface area contributed by atoms with Gasteiger partial charge in [-0.05, 0) is 31.5 Å². The fourth-order valence-electron chi connectivity index (χ4n) is 2.96. The molecule has 0 bridgehead atoms. The molecule has 1 aliphatic heterocycles. The van der Waals surface area contributed by atoms with Crippen molar-refractivity contribution in [2.24, 2.45) is 0 Å². The summed E-state index contributed by atoms with van der Waals surface area (Å²) in [6, 6.07) is 11.3. The fraction of sp³-hybridized carbons (Fsp3) is 0.294. The van der Waals surface area contributed by atoms with Gasteiger partial charge in [0.1, 0.15) is 0 Å². The number of aryl methyl sites for hydroxylation is 1. The Balaban J connectivity index is 1.93. The summed E-state index contributed by atoms with van der Waals surface area (Å²) in [5.41, 5.74) is 0.360. The summed E-state index contributed by atoms with van der Waals surface area (Å²) in [5, 5.41) is 11.2. The molecule has 0 unspecified atom stereocenters. The molecular formula is C17H19N3O6S2. The van der Waals surface area contributed by atoms with E-state index in [0.717, 1.165) is 26.3 Å². The minimum atomic E-state index is -4.23. The van der Waals surface area contributed by atoms with E-state index >= 15 is 0 Å². The quantitative estimate of drug-likeness (QED) is 0.534. The molecule has 0 atom stereocenters. The predicted molar refractivity (Wildman–Crippen MR) is 102 cm³/mol. The summed E-state index contributed by atoms with van der Waals surface area (Å²) in [4.78, 5) is 10.1. The van der Waals surface area contributed by atoms with E-state index in [1.165, 1.54) is 24.3 Å². The Morgan fingerprint density at radius 1 is 0.893 bits per heavy atom. The second-order valence-corrected chi connectivity index (χ2v) is 10.2. The van der Waals surface area contributed by atoms with E-state index < -0.39 is 42.2 Å². The summed E-state index contributed by atoms with van der Waals surface area (Å²) in [6.45, 7) is 1.68. The van der Waals surface area contributed by atoms with Crippen LogP contribution in [0.1, 0.15) is 12.0 Å².